The maximum atomic E-state index is 13.5. The molecule has 0 atom stereocenters. The quantitative estimate of drug-likeness (QED) is 0.814. The summed E-state index contributed by atoms with van der Waals surface area (Å²) in [5.41, 5.74) is -1.67. The van der Waals surface area contributed by atoms with Crippen molar-refractivity contribution in [3.05, 3.63) is 41.0 Å². The van der Waals surface area contributed by atoms with Gasteiger partial charge in [0.2, 0.25) is 5.95 Å². The second-order valence-corrected chi connectivity index (χ2v) is 6.12. The van der Waals surface area contributed by atoms with Crippen LogP contribution in [0.3, 0.4) is 0 Å². The number of carbonyl (C=O) groups excluding carboxylic acids is 1. The molecule has 1 aliphatic rings. The Kier molecular flexibility index (Phi) is 4.94. The summed E-state index contributed by atoms with van der Waals surface area (Å²) in [6, 6.07) is 1.69. The molecular formula is C16H17F4N5O. The summed E-state index contributed by atoms with van der Waals surface area (Å²) in [4.78, 5) is 16.5. The van der Waals surface area contributed by atoms with Gasteiger partial charge in [-0.15, -0.1) is 0 Å². The Bertz CT molecular complexity index is 811. The van der Waals surface area contributed by atoms with Crippen molar-refractivity contribution in [3.63, 3.8) is 0 Å². The average molecular weight is 371 g/mol. The predicted octanol–water partition coefficient (Wildman–Crippen LogP) is 2.69. The van der Waals surface area contributed by atoms with Gasteiger partial charge in [0.05, 0.1) is 5.56 Å². The molecule has 0 bridgehead atoms. The maximum absolute atomic E-state index is 13.5. The highest BCUT2D eigenvalue weighted by Crippen LogP contribution is 2.30. The maximum Gasteiger partial charge on any atom is 0.416 e. The summed E-state index contributed by atoms with van der Waals surface area (Å²) in [5, 5.41) is 9.88. The van der Waals surface area contributed by atoms with Crippen LogP contribution in [0.5, 0.6) is 0 Å². The lowest BCUT2D eigenvalue weighted by atomic mass is 9.98. The third-order valence-corrected chi connectivity index (χ3v) is 4.20. The van der Waals surface area contributed by atoms with Crippen LogP contribution in [0.2, 0.25) is 0 Å². The van der Waals surface area contributed by atoms with Gasteiger partial charge in [0, 0.05) is 18.5 Å². The fourth-order valence-electron chi connectivity index (χ4n) is 2.82. The number of nitrogens with one attached hydrogen (secondary N) is 2. The molecule has 1 amide bonds. The number of amides is 1. The zero-order valence-corrected chi connectivity index (χ0v) is 13.9. The van der Waals surface area contributed by atoms with Gasteiger partial charge in [0.1, 0.15) is 5.82 Å². The van der Waals surface area contributed by atoms with Crippen molar-refractivity contribution in [3.8, 4) is 0 Å². The summed E-state index contributed by atoms with van der Waals surface area (Å²) >= 11 is 0. The molecule has 1 aromatic heterocycles. The van der Waals surface area contributed by atoms with Crippen molar-refractivity contribution in [2.45, 2.75) is 24.9 Å². The van der Waals surface area contributed by atoms with Crippen LogP contribution < -0.4 is 10.6 Å². The van der Waals surface area contributed by atoms with Crippen molar-refractivity contribution >= 4 is 11.9 Å². The molecule has 26 heavy (non-hydrogen) atoms. The number of aromatic nitrogens is 3. The van der Waals surface area contributed by atoms with Crippen LogP contribution in [-0.4, -0.2) is 33.8 Å². The van der Waals surface area contributed by atoms with Gasteiger partial charge in [-0.2, -0.15) is 23.3 Å². The van der Waals surface area contributed by atoms with E-state index in [-0.39, 0.29) is 11.9 Å². The van der Waals surface area contributed by atoms with Crippen LogP contribution >= 0.6 is 0 Å². The minimum Gasteiger partial charge on any atom is -0.317 e. The van der Waals surface area contributed by atoms with Crippen LogP contribution in [0, 0.1) is 5.82 Å². The minimum atomic E-state index is -4.75. The van der Waals surface area contributed by atoms with Gasteiger partial charge in [-0.05, 0) is 44.1 Å². The van der Waals surface area contributed by atoms with Gasteiger partial charge in [0.15, 0.2) is 5.82 Å². The van der Waals surface area contributed by atoms with E-state index in [2.05, 4.69) is 20.7 Å². The Labute approximate surface area is 146 Å². The Morgan fingerprint density at radius 2 is 1.96 bits per heavy atom. The molecule has 2 aromatic rings. The number of carbonyl (C=O) groups is 1. The second kappa shape index (κ2) is 7.02. The standard InChI is InChI=1S/C16H17F4N5O/c1-25-15(22-13(24-25)9-2-4-21-5-3-9)23-14(26)10-6-11(16(18,19)20)8-12(17)7-10/h6-9,21H,2-5H2,1H3,(H,22,23,24,26). The van der Waals surface area contributed by atoms with Crippen LogP contribution in [0.25, 0.3) is 0 Å². The third-order valence-electron chi connectivity index (χ3n) is 4.20. The fraction of sp³-hybridized carbons (Fsp3) is 0.438. The van der Waals surface area contributed by atoms with E-state index in [0.29, 0.717) is 18.0 Å². The van der Waals surface area contributed by atoms with Gasteiger partial charge in [-0.25, -0.2) is 9.07 Å². The molecule has 140 valence electrons. The number of piperidine rings is 1. The first-order valence-electron chi connectivity index (χ1n) is 8.05. The molecule has 0 spiro atoms. The van der Waals surface area contributed by atoms with Gasteiger partial charge < -0.3 is 5.32 Å². The SMILES string of the molecule is Cn1nc(C2CCNCC2)nc1NC(=O)c1cc(F)cc(C(F)(F)F)c1. The molecule has 1 aliphatic heterocycles. The van der Waals surface area contributed by atoms with E-state index in [4.69, 9.17) is 0 Å². The van der Waals surface area contributed by atoms with Crippen LogP contribution in [-0.2, 0) is 13.2 Å². The van der Waals surface area contributed by atoms with E-state index in [0.717, 1.165) is 32.0 Å². The molecule has 1 aromatic carbocycles. The van der Waals surface area contributed by atoms with E-state index >= 15 is 0 Å². The normalized spacial score (nSPS) is 15.9. The van der Waals surface area contributed by atoms with Crippen molar-refractivity contribution in [2.75, 3.05) is 18.4 Å². The second-order valence-electron chi connectivity index (χ2n) is 6.12. The highest BCUT2D eigenvalue weighted by atomic mass is 19.4. The zero-order chi connectivity index (χ0) is 18.9. The minimum absolute atomic E-state index is 0.0985. The van der Waals surface area contributed by atoms with Gasteiger partial charge in [-0.1, -0.05) is 0 Å². The fourth-order valence-corrected chi connectivity index (χ4v) is 2.82. The highest BCUT2D eigenvalue weighted by Gasteiger charge is 2.32. The smallest absolute Gasteiger partial charge is 0.317 e. The number of anilines is 1. The Morgan fingerprint density at radius 3 is 2.62 bits per heavy atom. The third kappa shape index (κ3) is 4.01. The zero-order valence-electron chi connectivity index (χ0n) is 13.9. The Morgan fingerprint density at radius 1 is 1.27 bits per heavy atom. The molecule has 0 radical (unpaired) electrons. The van der Waals surface area contributed by atoms with Gasteiger partial charge in [0.25, 0.3) is 5.91 Å². The number of aryl methyl sites for hydroxylation is 1. The molecule has 0 unspecified atom stereocenters. The first-order valence-corrected chi connectivity index (χ1v) is 8.05. The van der Waals surface area contributed by atoms with E-state index < -0.39 is 29.0 Å². The van der Waals surface area contributed by atoms with Crippen LogP contribution in [0.4, 0.5) is 23.5 Å². The van der Waals surface area contributed by atoms with Gasteiger partial charge >= 0.3 is 6.18 Å². The topological polar surface area (TPSA) is 71.8 Å². The summed E-state index contributed by atoms with van der Waals surface area (Å²) < 4.78 is 53.2. The molecule has 1 fully saturated rings. The van der Waals surface area contributed by atoms with Crippen LogP contribution in [0.15, 0.2) is 18.2 Å². The number of rotatable bonds is 3. The van der Waals surface area contributed by atoms with Crippen molar-refractivity contribution in [1.82, 2.24) is 20.1 Å². The summed E-state index contributed by atoms with van der Waals surface area (Å²) in [6.45, 7) is 1.68. The lowest BCUT2D eigenvalue weighted by Gasteiger charge is -2.19. The summed E-state index contributed by atoms with van der Waals surface area (Å²) in [7, 11) is 1.57. The van der Waals surface area contributed by atoms with Crippen molar-refractivity contribution in [2.24, 2.45) is 7.05 Å². The van der Waals surface area contributed by atoms with Crippen LogP contribution in [0.1, 0.15) is 40.5 Å². The molecule has 6 nitrogen and oxygen atoms in total. The number of nitrogens with zero attached hydrogens (tertiary/aromatic N) is 3. The van der Waals surface area contributed by atoms with E-state index in [1.54, 1.807) is 7.05 Å². The largest absolute Gasteiger partial charge is 0.416 e. The Balaban J connectivity index is 1.80. The highest BCUT2D eigenvalue weighted by molar-refractivity contribution is 6.03. The molecular weight excluding hydrogens is 354 g/mol. The van der Waals surface area contributed by atoms with E-state index in [9.17, 15) is 22.4 Å². The van der Waals surface area contributed by atoms with Crippen molar-refractivity contribution in [1.29, 1.82) is 0 Å². The number of benzene rings is 1. The number of alkyl halides is 3. The van der Waals surface area contributed by atoms with E-state index in [1.807, 2.05) is 0 Å². The molecule has 3 rings (SSSR count). The van der Waals surface area contributed by atoms with Crippen molar-refractivity contribution < 1.29 is 22.4 Å². The molecule has 2 N–H and O–H groups in total. The predicted molar refractivity (Wildman–Crippen MR) is 85.2 cm³/mol. The molecule has 0 saturated carbocycles. The summed E-state index contributed by atoms with van der Waals surface area (Å²) in [6.07, 6.45) is -3.03. The summed E-state index contributed by atoms with van der Waals surface area (Å²) in [5.74, 6) is -1.21. The Hall–Kier alpha value is -2.49. The molecule has 0 aliphatic carbocycles. The number of hydrogen-bond donors (Lipinski definition) is 2. The first kappa shape index (κ1) is 18.3. The molecule has 2 heterocycles. The molecule has 10 heteroatoms. The van der Waals surface area contributed by atoms with E-state index in [1.165, 1.54) is 4.68 Å². The molecule has 1 saturated heterocycles. The lowest BCUT2D eigenvalue weighted by molar-refractivity contribution is -0.137. The monoisotopic (exact) mass is 371 g/mol. The lowest BCUT2D eigenvalue weighted by Crippen LogP contribution is -2.27. The average Bonchev–Trinajstić information content (AvgIpc) is 2.95. The van der Waals surface area contributed by atoms with Gasteiger partial charge in [-0.3, -0.25) is 10.1 Å². The number of hydrogen-bond acceptors (Lipinski definition) is 4. The first-order chi connectivity index (χ1) is 12.2. The number of halogens is 4.